The largest absolute Gasteiger partial charge is 0.468 e. The first-order chi connectivity index (χ1) is 10.0. The molecule has 2 unspecified atom stereocenters. The van der Waals surface area contributed by atoms with Crippen molar-refractivity contribution in [2.45, 2.75) is 54.7 Å². The van der Waals surface area contributed by atoms with Gasteiger partial charge in [-0.05, 0) is 49.9 Å². The third kappa shape index (κ3) is 3.61. The lowest BCUT2D eigenvalue weighted by Crippen LogP contribution is -2.49. The molecule has 2 atom stereocenters. The number of likely N-dealkylation sites (N-methyl/N-ethyl adjacent to an activating group) is 1. The molecule has 1 aliphatic rings. The van der Waals surface area contributed by atoms with E-state index in [0.29, 0.717) is 11.2 Å². The highest BCUT2D eigenvalue weighted by Gasteiger charge is 2.45. The van der Waals surface area contributed by atoms with Crippen molar-refractivity contribution in [1.82, 2.24) is 5.32 Å². The molecular formula is C17H25NO2S. The van der Waals surface area contributed by atoms with Gasteiger partial charge >= 0.3 is 5.97 Å². The van der Waals surface area contributed by atoms with Gasteiger partial charge in [-0.1, -0.05) is 26.0 Å². The highest BCUT2D eigenvalue weighted by Crippen LogP contribution is 2.40. The first-order valence-electron chi connectivity index (χ1n) is 7.54. The predicted octanol–water partition coefficient (Wildman–Crippen LogP) is 3.59. The van der Waals surface area contributed by atoms with Crippen LogP contribution in [0.3, 0.4) is 0 Å². The number of thioether (sulfide) groups is 1. The Morgan fingerprint density at radius 2 is 2.05 bits per heavy atom. The van der Waals surface area contributed by atoms with Gasteiger partial charge in [-0.25, -0.2) is 0 Å². The van der Waals surface area contributed by atoms with E-state index in [1.807, 2.05) is 18.8 Å². The second kappa shape index (κ2) is 6.84. The van der Waals surface area contributed by atoms with Crippen LogP contribution in [-0.2, 0) is 9.53 Å². The Kier molecular flexibility index (Phi) is 5.33. The molecular weight excluding hydrogens is 282 g/mol. The SMILES string of the molecule is CNC1(C(=O)OC)CCC(Sc2ccc(C(C)C)cc2)C1. The van der Waals surface area contributed by atoms with Crippen molar-refractivity contribution in [3.63, 3.8) is 0 Å². The number of methoxy groups -OCH3 is 1. The molecule has 116 valence electrons. The molecule has 0 heterocycles. The fourth-order valence-electron chi connectivity index (χ4n) is 2.93. The van der Waals surface area contributed by atoms with E-state index < -0.39 is 5.54 Å². The van der Waals surface area contributed by atoms with Crippen LogP contribution in [0.15, 0.2) is 29.2 Å². The summed E-state index contributed by atoms with van der Waals surface area (Å²) in [6.07, 6.45) is 2.71. The molecule has 1 aromatic carbocycles. The Morgan fingerprint density at radius 3 is 2.57 bits per heavy atom. The van der Waals surface area contributed by atoms with Crippen LogP contribution >= 0.6 is 11.8 Å². The Morgan fingerprint density at radius 1 is 1.38 bits per heavy atom. The molecule has 0 bridgehead atoms. The maximum Gasteiger partial charge on any atom is 0.326 e. The molecule has 21 heavy (non-hydrogen) atoms. The summed E-state index contributed by atoms with van der Waals surface area (Å²) in [6.45, 7) is 4.41. The van der Waals surface area contributed by atoms with E-state index in [1.165, 1.54) is 17.6 Å². The minimum absolute atomic E-state index is 0.136. The summed E-state index contributed by atoms with van der Waals surface area (Å²) in [4.78, 5) is 13.3. The zero-order valence-electron chi connectivity index (χ0n) is 13.3. The van der Waals surface area contributed by atoms with Crippen LogP contribution in [0.5, 0.6) is 0 Å². The molecule has 0 aromatic heterocycles. The molecule has 0 saturated heterocycles. The number of hydrogen-bond donors (Lipinski definition) is 1. The molecule has 1 fully saturated rings. The molecule has 0 amide bonds. The van der Waals surface area contributed by atoms with E-state index in [4.69, 9.17) is 4.74 Å². The number of nitrogens with one attached hydrogen (secondary N) is 1. The van der Waals surface area contributed by atoms with E-state index >= 15 is 0 Å². The number of hydrogen-bond acceptors (Lipinski definition) is 4. The number of carbonyl (C=O) groups excluding carboxylic acids is 1. The summed E-state index contributed by atoms with van der Waals surface area (Å²) < 4.78 is 4.96. The Bertz CT molecular complexity index is 486. The van der Waals surface area contributed by atoms with Crippen LogP contribution in [0.1, 0.15) is 44.6 Å². The quantitative estimate of drug-likeness (QED) is 0.844. The van der Waals surface area contributed by atoms with E-state index in [0.717, 1.165) is 19.3 Å². The van der Waals surface area contributed by atoms with Crippen LogP contribution in [0.25, 0.3) is 0 Å². The van der Waals surface area contributed by atoms with Crippen molar-refractivity contribution in [1.29, 1.82) is 0 Å². The summed E-state index contributed by atoms with van der Waals surface area (Å²) in [5.41, 5.74) is 0.870. The molecule has 3 nitrogen and oxygen atoms in total. The number of rotatable bonds is 5. The van der Waals surface area contributed by atoms with Gasteiger partial charge < -0.3 is 10.1 Å². The summed E-state index contributed by atoms with van der Waals surface area (Å²) in [7, 11) is 3.31. The smallest absolute Gasteiger partial charge is 0.326 e. The molecule has 1 aromatic rings. The van der Waals surface area contributed by atoms with Crippen LogP contribution in [0, 0.1) is 0 Å². The Labute approximate surface area is 131 Å². The summed E-state index contributed by atoms with van der Waals surface area (Å²) >= 11 is 1.87. The van der Waals surface area contributed by atoms with Gasteiger partial charge in [-0.3, -0.25) is 4.79 Å². The first-order valence-corrected chi connectivity index (χ1v) is 8.42. The number of carbonyl (C=O) groups is 1. The third-order valence-electron chi connectivity index (χ3n) is 4.37. The molecule has 1 saturated carbocycles. The highest BCUT2D eigenvalue weighted by atomic mass is 32.2. The van der Waals surface area contributed by atoms with Gasteiger partial charge in [0.05, 0.1) is 7.11 Å². The number of esters is 1. The van der Waals surface area contributed by atoms with Crippen molar-refractivity contribution in [2.24, 2.45) is 0 Å². The van der Waals surface area contributed by atoms with Gasteiger partial charge in [0.25, 0.3) is 0 Å². The molecule has 4 heteroatoms. The molecule has 0 spiro atoms. The van der Waals surface area contributed by atoms with Gasteiger partial charge in [-0.2, -0.15) is 0 Å². The lowest BCUT2D eigenvalue weighted by molar-refractivity contribution is -0.148. The van der Waals surface area contributed by atoms with Gasteiger partial charge in [0.15, 0.2) is 0 Å². The molecule has 1 aliphatic carbocycles. The zero-order valence-corrected chi connectivity index (χ0v) is 14.1. The average Bonchev–Trinajstić information content (AvgIpc) is 2.91. The van der Waals surface area contributed by atoms with Crippen molar-refractivity contribution in [3.05, 3.63) is 29.8 Å². The van der Waals surface area contributed by atoms with E-state index in [2.05, 4.69) is 43.4 Å². The van der Waals surface area contributed by atoms with Crippen molar-refractivity contribution in [2.75, 3.05) is 14.2 Å². The zero-order chi connectivity index (χ0) is 15.5. The fraction of sp³-hybridized carbons (Fsp3) is 0.588. The molecule has 0 aliphatic heterocycles. The van der Waals surface area contributed by atoms with Crippen LogP contribution in [0.2, 0.25) is 0 Å². The van der Waals surface area contributed by atoms with Gasteiger partial charge in [-0.15, -0.1) is 11.8 Å². The molecule has 0 radical (unpaired) electrons. The standard InChI is InChI=1S/C17H25NO2S/c1-12(2)13-5-7-14(8-6-13)21-15-9-10-17(11-15,18-3)16(19)20-4/h5-8,12,15,18H,9-11H2,1-4H3. The highest BCUT2D eigenvalue weighted by molar-refractivity contribution is 8.00. The monoisotopic (exact) mass is 307 g/mol. The lowest BCUT2D eigenvalue weighted by atomic mass is 9.98. The summed E-state index contributed by atoms with van der Waals surface area (Å²) in [6, 6.07) is 8.79. The van der Waals surface area contributed by atoms with Crippen LogP contribution in [0.4, 0.5) is 0 Å². The van der Waals surface area contributed by atoms with Crippen molar-refractivity contribution in [3.8, 4) is 0 Å². The second-order valence-corrected chi connectivity index (χ2v) is 7.40. The number of benzene rings is 1. The topological polar surface area (TPSA) is 38.3 Å². The van der Waals surface area contributed by atoms with Crippen molar-refractivity contribution >= 4 is 17.7 Å². The van der Waals surface area contributed by atoms with E-state index in [1.54, 1.807) is 0 Å². The summed E-state index contributed by atoms with van der Waals surface area (Å²) in [5, 5.41) is 3.64. The maximum atomic E-state index is 12.0. The van der Waals surface area contributed by atoms with Gasteiger partial charge in [0.2, 0.25) is 0 Å². The van der Waals surface area contributed by atoms with E-state index in [9.17, 15) is 4.79 Å². The van der Waals surface area contributed by atoms with Crippen molar-refractivity contribution < 1.29 is 9.53 Å². The normalized spacial score (nSPS) is 25.3. The second-order valence-electron chi connectivity index (χ2n) is 6.03. The van der Waals surface area contributed by atoms with Gasteiger partial charge in [0, 0.05) is 10.1 Å². The predicted molar refractivity (Wildman–Crippen MR) is 87.8 cm³/mol. The van der Waals surface area contributed by atoms with E-state index in [-0.39, 0.29) is 5.97 Å². The molecule has 1 N–H and O–H groups in total. The summed E-state index contributed by atoms with van der Waals surface area (Å²) in [5.74, 6) is 0.426. The minimum atomic E-state index is -0.496. The third-order valence-corrected chi connectivity index (χ3v) is 5.65. The Hall–Kier alpha value is -1.00. The Balaban J connectivity index is 2.00. The lowest BCUT2D eigenvalue weighted by Gasteiger charge is -2.25. The molecule has 2 rings (SSSR count). The average molecular weight is 307 g/mol. The fourth-order valence-corrected chi connectivity index (χ4v) is 4.22. The maximum absolute atomic E-state index is 12.0. The minimum Gasteiger partial charge on any atom is -0.468 e. The number of ether oxygens (including phenoxy) is 1. The first kappa shape index (κ1) is 16.4. The van der Waals surface area contributed by atoms with Gasteiger partial charge in [0.1, 0.15) is 5.54 Å². The van der Waals surface area contributed by atoms with Crippen LogP contribution in [-0.4, -0.2) is 30.9 Å². The van der Waals surface area contributed by atoms with Crippen LogP contribution < -0.4 is 5.32 Å².